The molecule has 0 saturated heterocycles. The van der Waals surface area contributed by atoms with Crippen molar-refractivity contribution in [2.75, 3.05) is 0 Å². The highest BCUT2D eigenvalue weighted by molar-refractivity contribution is 5.97. The van der Waals surface area contributed by atoms with Crippen LogP contribution in [0.4, 0.5) is 5.69 Å². The van der Waals surface area contributed by atoms with Crippen molar-refractivity contribution in [3.8, 4) is 12.3 Å². The predicted octanol–water partition coefficient (Wildman–Crippen LogP) is 4.16. The van der Waals surface area contributed by atoms with Crippen molar-refractivity contribution >= 4 is 22.4 Å². The molecule has 0 aliphatic carbocycles. The van der Waals surface area contributed by atoms with E-state index in [0.29, 0.717) is 5.56 Å². The molecule has 3 rings (SSSR count). The fourth-order valence-electron chi connectivity index (χ4n) is 2.89. The average molecular weight is 344 g/mol. The van der Waals surface area contributed by atoms with Crippen LogP contribution in [0, 0.1) is 29.4 Å². The summed E-state index contributed by atoms with van der Waals surface area (Å²) in [6.45, 7) is 1.72. The summed E-state index contributed by atoms with van der Waals surface area (Å²) >= 11 is 0. The number of non-ortho nitro benzene ring substituents is 1. The van der Waals surface area contributed by atoms with Gasteiger partial charge in [-0.05, 0) is 28.8 Å². The van der Waals surface area contributed by atoms with Gasteiger partial charge in [0.1, 0.15) is 6.04 Å². The van der Waals surface area contributed by atoms with Gasteiger partial charge >= 0.3 is 0 Å². The molecule has 1 atom stereocenters. The second-order valence-corrected chi connectivity index (χ2v) is 5.90. The molecule has 5 nitrogen and oxygen atoms in total. The molecule has 26 heavy (non-hydrogen) atoms. The number of nitrogens with zero attached hydrogens (tertiary/aromatic N) is 1. The standard InChI is InChI=1S/C21H16N2O3/c1-3-20(18-10-6-8-15-7-4-5-9-17(15)18)22-21(24)19-13-16(23(25)26)12-11-14(19)2/h1,4-13,20H,2H3,(H,22,24). The van der Waals surface area contributed by atoms with Gasteiger partial charge in [-0.3, -0.25) is 14.9 Å². The number of carbonyl (C=O) groups is 1. The molecule has 3 aromatic rings. The number of nitro groups is 1. The Kier molecular flexibility index (Phi) is 4.68. The summed E-state index contributed by atoms with van der Waals surface area (Å²) in [6.07, 6.45) is 5.67. The summed E-state index contributed by atoms with van der Waals surface area (Å²) in [4.78, 5) is 23.1. The van der Waals surface area contributed by atoms with Gasteiger partial charge in [-0.1, -0.05) is 54.5 Å². The molecule has 0 spiro atoms. The SMILES string of the molecule is C#CC(NC(=O)c1cc([N+](=O)[O-])ccc1C)c1cccc2ccccc12. The maximum Gasteiger partial charge on any atom is 0.270 e. The van der Waals surface area contributed by atoms with Crippen molar-refractivity contribution < 1.29 is 9.72 Å². The van der Waals surface area contributed by atoms with Crippen LogP contribution in [0.15, 0.2) is 60.7 Å². The van der Waals surface area contributed by atoms with E-state index in [1.165, 1.54) is 12.1 Å². The maximum absolute atomic E-state index is 12.7. The zero-order valence-electron chi connectivity index (χ0n) is 14.1. The normalized spacial score (nSPS) is 11.5. The molecule has 0 aliphatic rings. The molecule has 0 fully saturated rings. The van der Waals surface area contributed by atoms with Crippen molar-refractivity contribution in [1.82, 2.24) is 5.32 Å². The lowest BCUT2D eigenvalue weighted by molar-refractivity contribution is -0.384. The van der Waals surface area contributed by atoms with E-state index in [0.717, 1.165) is 16.3 Å². The van der Waals surface area contributed by atoms with Crippen LogP contribution < -0.4 is 5.32 Å². The molecule has 0 aromatic heterocycles. The lowest BCUT2D eigenvalue weighted by atomic mass is 9.98. The maximum atomic E-state index is 12.7. The highest BCUT2D eigenvalue weighted by Gasteiger charge is 2.19. The van der Waals surface area contributed by atoms with Gasteiger partial charge in [0.15, 0.2) is 0 Å². The highest BCUT2D eigenvalue weighted by Crippen LogP contribution is 2.25. The number of hydrogen-bond acceptors (Lipinski definition) is 3. The second-order valence-electron chi connectivity index (χ2n) is 5.90. The number of nitrogens with one attached hydrogen (secondary N) is 1. The van der Waals surface area contributed by atoms with Gasteiger partial charge in [-0.25, -0.2) is 0 Å². The zero-order valence-corrected chi connectivity index (χ0v) is 14.1. The van der Waals surface area contributed by atoms with E-state index in [1.54, 1.807) is 13.0 Å². The molecule has 5 heteroatoms. The Bertz CT molecular complexity index is 1050. The molecular weight excluding hydrogens is 328 g/mol. The van der Waals surface area contributed by atoms with Crippen molar-refractivity contribution in [3.63, 3.8) is 0 Å². The smallest absolute Gasteiger partial charge is 0.270 e. The van der Waals surface area contributed by atoms with Crippen LogP contribution in [0.3, 0.4) is 0 Å². The third-order valence-electron chi connectivity index (χ3n) is 4.25. The third-order valence-corrected chi connectivity index (χ3v) is 4.25. The summed E-state index contributed by atoms with van der Waals surface area (Å²) in [5.74, 6) is 2.16. The number of hydrogen-bond donors (Lipinski definition) is 1. The lowest BCUT2D eigenvalue weighted by Gasteiger charge is -2.16. The Labute approximate surface area is 150 Å². The fourth-order valence-corrected chi connectivity index (χ4v) is 2.89. The first-order valence-corrected chi connectivity index (χ1v) is 8.01. The quantitative estimate of drug-likeness (QED) is 0.439. The van der Waals surface area contributed by atoms with Gasteiger partial charge in [0.25, 0.3) is 11.6 Å². The van der Waals surface area contributed by atoms with E-state index < -0.39 is 16.9 Å². The topological polar surface area (TPSA) is 72.2 Å². The predicted molar refractivity (Wildman–Crippen MR) is 101 cm³/mol. The van der Waals surface area contributed by atoms with E-state index in [-0.39, 0.29) is 11.3 Å². The molecule has 3 aromatic carbocycles. The largest absolute Gasteiger partial charge is 0.334 e. The highest BCUT2D eigenvalue weighted by atomic mass is 16.6. The third kappa shape index (κ3) is 3.26. The van der Waals surface area contributed by atoms with Crippen molar-refractivity contribution in [2.24, 2.45) is 0 Å². The molecule has 0 aliphatic heterocycles. The van der Waals surface area contributed by atoms with Crippen molar-refractivity contribution in [3.05, 3.63) is 87.5 Å². The first-order chi connectivity index (χ1) is 12.5. The number of carbonyl (C=O) groups excluding carboxylic acids is 1. The Morgan fingerprint density at radius 3 is 2.62 bits per heavy atom. The summed E-state index contributed by atoms with van der Waals surface area (Å²) in [7, 11) is 0. The molecule has 0 saturated carbocycles. The first kappa shape index (κ1) is 17.2. The first-order valence-electron chi connectivity index (χ1n) is 8.01. The average Bonchev–Trinajstić information content (AvgIpc) is 2.65. The summed E-state index contributed by atoms with van der Waals surface area (Å²) in [5, 5.41) is 15.7. The number of benzene rings is 3. The Morgan fingerprint density at radius 1 is 1.15 bits per heavy atom. The molecule has 0 heterocycles. The van der Waals surface area contributed by atoms with Crippen molar-refractivity contribution in [2.45, 2.75) is 13.0 Å². The molecule has 0 bridgehead atoms. The van der Waals surface area contributed by atoms with Crippen LogP contribution in [-0.2, 0) is 0 Å². The van der Waals surface area contributed by atoms with Gasteiger partial charge in [0, 0.05) is 17.7 Å². The van der Waals surface area contributed by atoms with Gasteiger partial charge in [0.2, 0.25) is 0 Å². The fraction of sp³-hybridized carbons (Fsp3) is 0.0952. The van der Waals surface area contributed by atoms with Gasteiger partial charge in [-0.2, -0.15) is 0 Å². The van der Waals surface area contributed by atoms with Crippen LogP contribution in [-0.4, -0.2) is 10.8 Å². The number of aryl methyl sites for hydroxylation is 1. The number of terminal acetylenes is 1. The molecular formula is C21H16N2O3. The minimum atomic E-state index is -0.646. The summed E-state index contributed by atoms with van der Waals surface area (Å²) in [6, 6.07) is 17.0. The lowest BCUT2D eigenvalue weighted by Crippen LogP contribution is -2.28. The van der Waals surface area contributed by atoms with Crippen LogP contribution in [0.1, 0.15) is 27.5 Å². The van der Waals surface area contributed by atoms with Gasteiger partial charge in [-0.15, -0.1) is 6.42 Å². The van der Waals surface area contributed by atoms with Crippen LogP contribution in [0.25, 0.3) is 10.8 Å². The molecule has 1 N–H and O–H groups in total. The Hall–Kier alpha value is -3.65. The van der Waals surface area contributed by atoms with E-state index >= 15 is 0 Å². The van der Waals surface area contributed by atoms with E-state index in [9.17, 15) is 14.9 Å². The van der Waals surface area contributed by atoms with Crippen LogP contribution in [0.5, 0.6) is 0 Å². The Balaban J connectivity index is 1.96. The summed E-state index contributed by atoms with van der Waals surface area (Å²) in [5.41, 5.74) is 1.55. The molecule has 128 valence electrons. The Morgan fingerprint density at radius 2 is 1.88 bits per heavy atom. The van der Waals surface area contributed by atoms with E-state index in [1.807, 2.05) is 42.5 Å². The number of amides is 1. The van der Waals surface area contributed by atoms with Gasteiger partial charge < -0.3 is 5.32 Å². The second kappa shape index (κ2) is 7.08. The minimum Gasteiger partial charge on any atom is -0.334 e. The molecule has 1 unspecified atom stereocenters. The van der Waals surface area contributed by atoms with Crippen LogP contribution in [0.2, 0.25) is 0 Å². The minimum absolute atomic E-state index is 0.136. The zero-order chi connectivity index (χ0) is 18.7. The van der Waals surface area contributed by atoms with E-state index in [2.05, 4.69) is 11.2 Å². The number of rotatable bonds is 4. The number of fused-ring (bicyclic) bond motifs is 1. The summed E-state index contributed by atoms with van der Waals surface area (Å²) < 4.78 is 0. The van der Waals surface area contributed by atoms with Gasteiger partial charge in [0.05, 0.1) is 4.92 Å². The van der Waals surface area contributed by atoms with Crippen molar-refractivity contribution in [1.29, 1.82) is 0 Å². The van der Waals surface area contributed by atoms with Crippen LogP contribution >= 0.6 is 0 Å². The monoisotopic (exact) mass is 344 g/mol. The van der Waals surface area contributed by atoms with E-state index in [4.69, 9.17) is 6.42 Å². The molecule has 0 radical (unpaired) electrons. The number of nitro benzene ring substituents is 1. The molecule has 1 amide bonds.